The van der Waals surface area contributed by atoms with Gasteiger partial charge in [-0.15, -0.1) is 5.53 Å². The van der Waals surface area contributed by atoms with Crippen LogP contribution < -0.4 is 21.6 Å². The molecule has 1 aliphatic heterocycles. The lowest BCUT2D eigenvalue weighted by Crippen LogP contribution is -2.39. The molecule has 1 aliphatic rings. The molecular weight excluding hydrogens is 555 g/mol. The van der Waals surface area contributed by atoms with Gasteiger partial charge in [0.1, 0.15) is 11.9 Å². The normalized spacial score (nSPS) is 14.8. The molecule has 5 rings (SSSR count). The number of hydrogen-bond acceptors (Lipinski definition) is 8. The van der Waals surface area contributed by atoms with Gasteiger partial charge < -0.3 is 16.1 Å². The van der Waals surface area contributed by atoms with E-state index in [0.717, 1.165) is 29.4 Å². The molecule has 2 aromatic carbocycles. The Labute approximate surface area is 230 Å². The number of rotatable bonds is 8. The molecule has 4 N–H and O–H groups in total. The van der Waals surface area contributed by atoms with Crippen molar-refractivity contribution in [1.82, 2.24) is 25.9 Å². The summed E-state index contributed by atoms with van der Waals surface area (Å²) in [6.07, 6.45) is 0.891. The Hall–Kier alpha value is -4.67. The van der Waals surface area contributed by atoms with Gasteiger partial charge >= 0.3 is 0 Å². The van der Waals surface area contributed by atoms with Crippen LogP contribution in [0.4, 0.5) is 39.0 Å². The molecule has 2 aromatic heterocycles. The SMILES string of the molecule is [2H]C(Nc1cc(Cl)c2ncc(C#N)c(Nc3cnc(F)c(F)c3)c2c1)(C1=CN(CC(F)F)NN1)c1ccc(F)cc1. The van der Waals surface area contributed by atoms with Crippen LogP contribution in [0.1, 0.15) is 18.5 Å². The highest BCUT2D eigenvalue weighted by atomic mass is 35.5. The fraction of sp³-hybridized carbons (Fsp3) is 0.115. The van der Waals surface area contributed by atoms with Crippen molar-refractivity contribution in [3.05, 3.63) is 100 Å². The lowest BCUT2D eigenvalue weighted by Gasteiger charge is -2.22. The number of anilines is 3. The zero-order valence-electron chi connectivity index (χ0n) is 21.1. The van der Waals surface area contributed by atoms with Gasteiger partial charge in [-0.1, -0.05) is 23.7 Å². The third-order valence-electron chi connectivity index (χ3n) is 5.74. The molecule has 0 radical (unpaired) electrons. The highest BCUT2D eigenvalue weighted by Gasteiger charge is 2.24. The van der Waals surface area contributed by atoms with Gasteiger partial charge in [0.2, 0.25) is 5.95 Å². The van der Waals surface area contributed by atoms with Crippen molar-refractivity contribution < 1.29 is 23.3 Å². The van der Waals surface area contributed by atoms with Crippen LogP contribution in [-0.2, 0) is 0 Å². The smallest absolute Gasteiger partial charge is 0.257 e. The molecule has 14 heteroatoms. The first-order valence-corrected chi connectivity index (χ1v) is 11.9. The average Bonchev–Trinajstić information content (AvgIpc) is 3.40. The molecule has 0 aliphatic carbocycles. The van der Waals surface area contributed by atoms with Gasteiger partial charge in [0.05, 0.1) is 53.3 Å². The highest BCUT2D eigenvalue weighted by Crippen LogP contribution is 2.37. The second kappa shape index (κ2) is 11.2. The topological polar surface area (TPSA) is 101 Å². The molecule has 3 heterocycles. The zero-order chi connectivity index (χ0) is 29.3. The van der Waals surface area contributed by atoms with Crippen molar-refractivity contribution in [3.8, 4) is 6.07 Å². The largest absolute Gasteiger partial charge is 0.373 e. The quantitative estimate of drug-likeness (QED) is 0.153. The Morgan fingerprint density at radius 1 is 1.07 bits per heavy atom. The Morgan fingerprint density at radius 3 is 2.55 bits per heavy atom. The number of benzene rings is 2. The number of nitrogens with zero attached hydrogens (tertiary/aromatic N) is 4. The molecule has 8 nitrogen and oxygen atoms in total. The van der Waals surface area contributed by atoms with Crippen LogP contribution in [-0.4, -0.2) is 27.9 Å². The monoisotopic (exact) mass is 573 g/mol. The van der Waals surface area contributed by atoms with E-state index in [4.69, 9.17) is 11.6 Å². The standard InChI is InChI=1S/C26H18ClF5N8/c27-19-6-16(36-24(13-1-3-15(28)4-2-13)21-11-40(39-38-21)12-22(30)31)5-18-23(14(8-33)9-34-25(18)19)37-17-7-20(29)26(32)35-10-17/h1-7,9-11,22,24,36,38-39H,12H2,(H,34,37)/i24D. The van der Waals surface area contributed by atoms with Crippen molar-refractivity contribution in [2.45, 2.75) is 12.4 Å². The number of nitriles is 1. The van der Waals surface area contributed by atoms with Crippen molar-refractivity contribution >= 4 is 39.6 Å². The van der Waals surface area contributed by atoms with Gasteiger partial charge in [-0.05, 0) is 29.8 Å². The molecule has 40 heavy (non-hydrogen) atoms. The molecule has 0 fully saturated rings. The lowest BCUT2D eigenvalue weighted by molar-refractivity contribution is 0.0889. The molecule has 1 atom stereocenters. The van der Waals surface area contributed by atoms with Crippen molar-refractivity contribution in [2.75, 3.05) is 17.2 Å². The molecular formula is C26H18ClF5N8. The van der Waals surface area contributed by atoms with E-state index < -0.39 is 36.6 Å². The summed E-state index contributed by atoms with van der Waals surface area (Å²) in [6.45, 7) is -0.672. The minimum absolute atomic E-state index is 0.0362. The summed E-state index contributed by atoms with van der Waals surface area (Å²) >= 11 is 6.53. The molecule has 1 unspecified atom stereocenters. The second-order valence-corrected chi connectivity index (χ2v) is 8.87. The van der Waals surface area contributed by atoms with Gasteiger partial charge in [0.15, 0.2) is 5.82 Å². The van der Waals surface area contributed by atoms with Crippen molar-refractivity contribution in [3.63, 3.8) is 0 Å². The number of alkyl halides is 2. The fourth-order valence-corrected chi connectivity index (χ4v) is 4.24. The number of hydrazine groups is 2. The first kappa shape index (κ1) is 25.6. The van der Waals surface area contributed by atoms with Gasteiger partial charge in [-0.2, -0.15) is 9.65 Å². The average molecular weight is 574 g/mol. The van der Waals surface area contributed by atoms with Crippen LogP contribution in [0.3, 0.4) is 0 Å². The number of hydrogen-bond donors (Lipinski definition) is 4. The van der Waals surface area contributed by atoms with Crippen LogP contribution >= 0.6 is 11.6 Å². The van der Waals surface area contributed by atoms with E-state index in [-0.39, 0.29) is 49.8 Å². The van der Waals surface area contributed by atoms with Crippen molar-refractivity contribution in [1.29, 1.82) is 5.26 Å². The zero-order valence-corrected chi connectivity index (χ0v) is 20.9. The van der Waals surface area contributed by atoms with Crippen LogP contribution in [0.25, 0.3) is 10.9 Å². The Morgan fingerprint density at radius 2 is 1.85 bits per heavy atom. The molecule has 0 bridgehead atoms. The third-order valence-corrected chi connectivity index (χ3v) is 6.02. The predicted octanol–water partition coefficient (Wildman–Crippen LogP) is 5.90. The summed E-state index contributed by atoms with van der Waals surface area (Å²) < 4.78 is 76.2. The second-order valence-electron chi connectivity index (χ2n) is 8.46. The van der Waals surface area contributed by atoms with E-state index in [1.165, 1.54) is 36.7 Å². The molecule has 204 valence electrons. The summed E-state index contributed by atoms with van der Waals surface area (Å²) in [4.78, 5) is 7.57. The molecule has 0 amide bonds. The molecule has 0 saturated carbocycles. The number of aromatic nitrogens is 2. The van der Waals surface area contributed by atoms with Gasteiger partial charge in [0.25, 0.3) is 6.43 Å². The summed E-state index contributed by atoms with van der Waals surface area (Å²) in [7, 11) is 0. The first-order chi connectivity index (χ1) is 19.6. The van der Waals surface area contributed by atoms with Crippen LogP contribution in [0, 0.1) is 28.9 Å². The van der Waals surface area contributed by atoms with Crippen LogP contribution in [0.2, 0.25) is 5.02 Å². The Kier molecular flexibility index (Phi) is 7.17. The summed E-state index contributed by atoms with van der Waals surface area (Å²) in [5.74, 6) is -3.06. The maximum Gasteiger partial charge on any atom is 0.257 e. The lowest BCUT2D eigenvalue weighted by atomic mass is 10.0. The predicted molar refractivity (Wildman–Crippen MR) is 139 cm³/mol. The summed E-state index contributed by atoms with van der Waals surface area (Å²) in [5.41, 5.74) is 6.27. The minimum atomic E-state index is -2.67. The Bertz CT molecular complexity index is 1700. The Balaban J connectivity index is 1.61. The maximum absolute atomic E-state index is 13.8. The van der Waals surface area contributed by atoms with Crippen molar-refractivity contribution in [2.24, 2.45) is 0 Å². The van der Waals surface area contributed by atoms with Crippen LogP contribution in [0.15, 0.2) is 66.8 Å². The fourth-order valence-electron chi connectivity index (χ4n) is 3.97. The number of fused-ring (bicyclic) bond motifs is 1. The van der Waals surface area contributed by atoms with Crippen LogP contribution in [0.5, 0.6) is 0 Å². The van der Waals surface area contributed by atoms with E-state index in [2.05, 4.69) is 31.6 Å². The van der Waals surface area contributed by atoms with E-state index in [9.17, 15) is 28.6 Å². The van der Waals surface area contributed by atoms with E-state index in [1.54, 1.807) is 0 Å². The first-order valence-electron chi connectivity index (χ1n) is 12.0. The molecule has 0 spiro atoms. The summed E-state index contributed by atoms with van der Waals surface area (Å²) in [6, 6.07) is 8.91. The van der Waals surface area contributed by atoms with E-state index in [0.29, 0.717) is 0 Å². The minimum Gasteiger partial charge on any atom is -0.373 e. The number of halogens is 6. The van der Waals surface area contributed by atoms with Gasteiger partial charge in [-0.3, -0.25) is 9.99 Å². The van der Waals surface area contributed by atoms with Gasteiger partial charge in [0, 0.05) is 29.5 Å². The summed E-state index contributed by atoms with van der Waals surface area (Å²) in [5, 5.41) is 17.0. The molecule has 4 aromatic rings. The maximum atomic E-state index is 13.8. The number of nitrogens with one attached hydrogen (secondary N) is 4. The van der Waals surface area contributed by atoms with Gasteiger partial charge in [-0.25, -0.2) is 22.5 Å². The molecule has 0 saturated heterocycles. The highest BCUT2D eigenvalue weighted by molar-refractivity contribution is 6.36. The van der Waals surface area contributed by atoms with E-state index >= 15 is 0 Å². The number of pyridine rings is 2. The van der Waals surface area contributed by atoms with E-state index in [1.807, 2.05) is 6.07 Å². The third kappa shape index (κ3) is 5.68.